The van der Waals surface area contributed by atoms with E-state index < -0.39 is 12.0 Å². The van der Waals surface area contributed by atoms with E-state index in [9.17, 15) is 9.59 Å². The van der Waals surface area contributed by atoms with Gasteiger partial charge in [0, 0.05) is 12.6 Å². The lowest BCUT2D eigenvalue weighted by Crippen LogP contribution is -2.40. The standard InChI is InChI=1S/C13H17NO3/c1-8-5-6-9(2)11(7-8)12(15)14(4)10(3)13(16)17/h5-7,10H,1-4H3,(H,16,17). The van der Waals surface area contributed by atoms with Crippen LogP contribution in [0.15, 0.2) is 18.2 Å². The van der Waals surface area contributed by atoms with Crippen LogP contribution in [0.1, 0.15) is 28.4 Å². The predicted octanol–water partition coefficient (Wildman–Crippen LogP) is 1.85. The highest BCUT2D eigenvalue weighted by Crippen LogP contribution is 2.14. The number of hydrogen-bond acceptors (Lipinski definition) is 2. The summed E-state index contributed by atoms with van der Waals surface area (Å²) in [7, 11) is 1.50. The molecule has 92 valence electrons. The first-order valence-corrected chi connectivity index (χ1v) is 5.41. The van der Waals surface area contributed by atoms with Crippen LogP contribution in [0, 0.1) is 13.8 Å². The second-order valence-corrected chi connectivity index (χ2v) is 4.25. The Morgan fingerprint density at radius 2 is 1.88 bits per heavy atom. The fraction of sp³-hybridized carbons (Fsp3) is 0.385. The summed E-state index contributed by atoms with van der Waals surface area (Å²) in [4.78, 5) is 24.2. The number of carboxylic acids is 1. The SMILES string of the molecule is Cc1ccc(C)c(C(=O)N(C)C(C)C(=O)O)c1. The molecule has 1 aromatic carbocycles. The molecular weight excluding hydrogens is 218 g/mol. The Balaban J connectivity index is 3.04. The van der Waals surface area contributed by atoms with E-state index in [0.717, 1.165) is 11.1 Å². The molecule has 1 atom stereocenters. The summed E-state index contributed by atoms with van der Waals surface area (Å²) < 4.78 is 0. The van der Waals surface area contributed by atoms with Gasteiger partial charge in [0.1, 0.15) is 6.04 Å². The van der Waals surface area contributed by atoms with Crippen LogP contribution in [0.25, 0.3) is 0 Å². The smallest absolute Gasteiger partial charge is 0.326 e. The van der Waals surface area contributed by atoms with Crippen LogP contribution in [-0.2, 0) is 4.79 Å². The zero-order valence-corrected chi connectivity index (χ0v) is 10.5. The van der Waals surface area contributed by atoms with Crippen molar-refractivity contribution in [1.29, 1.82) is 0 Å². The van der Waals surface area contributed by atoms with Gasteiger partial charge in [0.25, 0.3) is 5.91 Å². The number of amides is 1. The maximum absolute atomic E-state index is 12.1. The topological polar surface area (TPSA) is 57.6 Å². The summed E-state index contributed by atoms with van der Waals surface area (Å²) in [6.45, 7) is 5.23. The average molecular weight is 235 g/mol. The first-order valence-electron chi connectivity index (χ1n) is 5.41. The minimum Gasteiger partial charge on any atom is -0.480 e. The maximum Gasteiger partial charge on any atom is 0.326 e. The molecule has 0 saturated heterocycles. The molecule has 1 unspecified atom stereocenters. The van der Waals surface area contributed by atoms with Gasteiger partial charge in [-0.1, -0.05) is 17.7 Å². The normalized spacial score (nSPS) is 12.0. The van der Waals surface area contributed by atoms with Gasteiger partial charge in [-0.3, -0.25) is 4.79 Å². The Morgan fingerprint density at radius 1 is 1.29 bits per heavy atom. The van der Waals surface area contributed by atoms with Gasteiger partial charge in [0.15, 0.2) is 0 Å². The molecule has 0 spiro atoms. The Labute approximate surface area is 101 Å². The number of aryl methyl sites for hydroxylation is 2. The molecule has 0 aliphatic rings. The molecule has 0 fully saturated rings. The van der Waals surface area contributed by atoms with Crippen molar-refractivity contribution in [3.05, 3.63) is 34.9 Å². The molecule has 0 radical (unpaired) electrons. The van der Waals surface area contributed by atoms with E-state index in [0.29, 0.717) is 5.56 Å². The number of carboxylic acid groups (broad SMARTS) is 1. The van der Waals surface area contributed by atoms with Crippen molar-refractivity contribution in [1.82, 2.24) is 4.90 Å². The zero-order valence-electron chi connectivity index (χ0n) is 10.5. The summed E-state index contributed by atoms with van der Waals surface area (Å²) in [5.74, 6) is -1.27. The van der Waals surface area contributed by atoms with Crippen LogP contribution in [0.3, 0.4) is 0 Å². The average Bonchev–Trinajstić information content (AvgIpc) is 2.29. The number of carbonyl (C=O) groups excluding carboxylic acids is 1. The Bertz CT molecular complexity index is 454. The number of nitrogens with zero attached hydrogens (tertiary/aromatic N) is 1. The van der Waals surface area contributed by atoms with Gasteiger partial charge < -0.3 is 10.0 Å². The lowest BCUT2D eigenvalue weighted by atomic mass is 10.0. The van der Waals surface area contributed by atoms with Crippen LogP contribution < -0.4 is 0 Å². The third kappa shape index (κ3) is 2.84. The summed E-state index contributed by atoms with van der Waals surface area (Å²) >= 11 is 0. The first-order chi connectivity index (χ1) is 7.84. The number of likely N-dealkylation sites (N-methyl/N-ethyl adjacent to an activating group) is 1. The minimum atomic E-state index is -1.01. The highest BCUT2D eigenvalue weighted by molar-refractivity contribution is 5.97. The monoisotopic (exact) mass is 235 g/mol. The third-order valence-electron chi connectivity index (χ3n) is 2.88. The molecule has 1 amide bonds. The zero-order chi connectivity index (χ0) is 13.2. The van der Waals surface area contributed by atoms with E-state index in [1.165, 1.54) is 18.9 Å². The van der Waals surface area contributed by atoms with Gasteiger partial charge in [-0.05, 0) is 32.4 Å². The maximum atomic E-state index is 12.1. The van der Waals surface area contributed by atoms with Gasteiger partial charge in [0.2, 0.25) is 0 Å². The molecular formula is C13H17NO3. The molecule has 0 aliphatic carbocycles. The molecule has 17 heavy (non-hydrogen) atoms. The van der Waals surface area contributed by atoms with Crippen molar-refractivity contribution >= 4 is 11.9 Å². The van der Waals surface area contributed by atoms with Crippen LogP contribution in [0.5, 0.6) is 0 Å². The molecule has 1 rings (SSSR count). The Kier molecular flexibility index (Phi) is 3.89. The largest absolute Gasteiger partial charge is 0.480 e. The van der Waals surface area contributed by atoms with E-state index in [2.05, 4.69) is 0 Å². The second-order valence-electron chi connectivity index (χ2n) is 4.25. The van der Waals surface area contributed by atoms with Crippen LogP contribution in [-0.4, -0.2) is 35.0 Å². The van der Waals surface area contributed by atoms with Crippen molar-refractivity contribution in [3.63, 3.8) is 0 Å². The molecule has 0 bridgehead atoms. The van der Waals surface area contributed by atoms with Crippen molar-refractivity contribution < 1.29 is 14.7 Å². The lowest BCUT2D eigenvalue weighted by Gasteiger charge is -2.22. The minimum absolute atomic E-state index is 0.263. The van der Waals surface area contributed by atoms with Gasteiger partial charge in [0.05, 0.1) is 0 Å². The van der Waals surface area contributed by atoms with Crippen LogP contribution in [0.4, 0.5) is 0 Å². The van der Waals surface area contributed by atoms with E-state index in [-0.39, 0.29) is 5.91 Å². The molecule has 0 aromatic heterocycles. The summed E-state index contributed by atoms with van der Waals surface area (Å²) in [6.07, 6.45) is 0. The van der Waals surface area contributed by atoms with Crippen molar-refractivity contribution in [2.24, 2.45) is 0 Å². The summed E-state index contributed by atoms with van der Waals surface area (Å²) in [6, 6.07) is 4.74. The van der Waals surface area contributed by atoms with E-state index in [1.54, 1.807) is 6.07 Å². The molecule has 0 saturated carbocycles. The first kappa shape index (κ1) is 13.2. The molecule has 1 aromatic rings. The van der Waals surface area contributed by atoms with E-state index in [4.69, 9.17) is 5.11 Å². The van der Waals surface area contributed by atoms with Gasteiger partial charge in [-0.25, -0.2) is 4.79 Å². The fourth-order valence-electron chi connectivity index (χ4n) is 1.50. The number of aliphatic carboxylic acids is 1. The van der Waals surface area contributed by atoms with Crippen molar-refractivity contribution in [3.8, 4) is 0 Å². The molecule has 0 heterocycles. The van der Waals surface area contributed by atoms with Crippen molar-refractivity contribution in [2.45, 2.75) is 26.8 Å². The van der Waals surface area contributed by atoms with Crippen molar-refractivity contribution in [2.75, 3.05) is 7.05 Å². The number of carbonyl (C=O) groups is 2. The van der Waals surface area contributed by atoms with Crippen LogP contribution in [0.2, 0.25) is 0 Å². The summed E-state index contributed by atoms with van der Waals surface area (Å²) in [5.41, 5.74) is 2.39. The van der Waals surface area contributed by atoms with Crippen LogP contribution >= 0.6 is 0 Å². The van der Waals surface area contributed by atoms with E-state index >= 15 is 0 Å². The Morgan fingerprint density at radius 3 is 2.41 bits per heavy atom. The number of rotatable bonds is 3. The molecule has 0 aliphatic heterocycles. The van der Waals surface area contributed by atoms with Gasteiger partial charge in [-0.2, -0.15) is 0 Å². The summed E-state index contributed by atoms with van der Waals surface area (Å²) in [5, 5.41) is 8.88. The second kappa shape index (κ2) is 4.99. The Hall–Kier alpha value is -1.84. The predicted molar refractivity (Wildman–Crippen MR) is 65.1 cm³/mol. The highest BCUT2D eigenvalue weighted by atomic mass is 16.4. The molecule has 4 heteroatoms. The molecule has 4 nitrogen and oxygen atoms in total. The number of benzene rings is 1. The van der Waals surface area contributed by atoms with E-state index in [1.807, 2.05) is 26.0 Å². The quantitative estimate of drug-likeness (QED) is 0.869. The van der Waals surface area contributed by atoms with Gasteiger partial charge >= 0.3 is 5.97 Å². The number of hydrogen-bond donors (Lipinski definition) is 1. The fourth-order valence-corrected chi connectivity index (χ4v) is 1.50. The third-order valence-corrected chi connectivity index (χ3v) is 2.88. The van der Waals surface area contributed by atoms with Gasteiger partial charge in [-0.15, -0.1) is 0 Å². The highest BCUT2D eigenvalue weighted by Gasteiger charge is 2.23. The molecule has 1 N–H and O–H groups in total. The lowest BCUT2D eigenvalue weighted by molar-refractivity contribution is -0.141.